The number of carbonyl (C=O) groups excluding carboxylic acids is 1. The Hall–Kier alpha value is -1.77. The molecule has 0 fully saturated rings. The number of methoxy groups -OCH3 is 1. The number of anilines is 1. The fourth-order valence-corrected chi connectivity index (χ4v) is 5.70. The Morgan fingerprint density at radius 3 is 2.58 bits per heavy atom. The smallest absolute Gasteiger partial charge is 0.337 e. The Morgan fingerprint density at radius 1 is 1.26 bits per heavy atom. The summed E-state index contributed by atoms with van der Waals surface area (Å²) in [5, 5.41) is 5.06. The molecule has 1 N–H and O–H groups in total. The number of pyridine rings is 1. The van der Waals surface area contributed by atoms with E-state index in [0.717, 1.165) is 17.4 Å². The molecule has 0 amide bonds. The van der Waals surface area contributed by atoms with Gasteiger partial charge in [0.05, 0.1) is 27.3 Å². The van der Waals surface area contributed by atoms with Gasteiger partial charge in [0.1, 0.15) is 5.82 Å². The molecule has 7 heteroatoms. The van der Waals surface area contributed by atoms with E-state index in [4.69, 9.17) is 9.72 Å². The summed E-state index contributed by atoms with van der Waals surface area (Å²) in [7, 11) is 1.19. The summed E-state index contributed by atoms with van der Waals surface area (Å²) in [5.74, 6) is -0.184. The maximum Gasteiger partial charge on any atom is 0.337 e. The van der Waals surface area contributed by atoms with E-state index in [1.807, 2.05) is 19.1 Å². The summed E-state index contributed by atoms with van der Waals surface area (Å²) in [5.41, 5.74) is 1.55. The van der Waals surface area contributed by atoms with Crippen LogP contribution in [-0.2, 0) is 13.0 Å². The molecule has 0 saturated carbocycles. The second-order valence-corrected chi connectivity index (χ2v) is 10.6. The van der Waals surface area contributed by atoms with Crippen molar-refractivity contribution in [3.63, 3.8) is 0 Å². The van der Waals surface area contributed by atoms with Gasteiger partial charge in [0.25, 0.3) is 0 Å². The van der Waals surface area contributed by atoms with Gasteiger partial charge in [-0.3, -0.25) is 0 Å². The Balaban J connectivity index is 2.13. The zero-order valence-corrected chi connectivity index (χ0v) is 20.6. The lowest BCUT2D eigenvalue weighted by Crippen LogP contribution is -2.51. The largest absolute Gasteiger partial charge is 0.466 e. The van der Waals surface area contributed by atoms with Crippen LogP contribution in [0.1, 0.15) is 69.9 Å². The van der Waals surface area contributed by atoms with E-state index >= 15 is 8.78 Å². The molecule has 0 spiro atoms. The van der Waals surface area contributed by atoms with Crippen molar-refractivity contribution in [3.05, 3.63) is 40.6 Å². The van der Waals surface area contributed by atoms with E-state index in [-0.39, 0.29) is 20.1 Å². The van der Waals surface area contributed by atoms with Crippen molar-refractivity contribution in [3.8, 4) is 0 Å². The van der Waals surface area contributed by atoms with Crippen molar-refractivity contribution >= 4 is 50.7 Å². The number of aromatic nitrogens is 1. The summed E-state index contributed by atoms with van der Waals surface area (Å²) < 4.78 is 35.5. The molecule has 2 aromatic rings. The van der Waals surface area contributed by atoms with Gasteiger partial charge in [-0.1, -0.05) is 61.1 Å². The van der Waals surface area contributed by atoms with Gasteiger partial charge in [-0.05, 0) is 43.2 Å². The highest BCUT2D eigenvalue weighted by atomic mass is 127. The molecular weight excluding hydrogens is 513 g/mol. The number of ether oxygens (including phenoxy) is 1. The minimum atomic E-state index is -2.08. The minimum absolute atomic E-state index is 0.237. The maximum atomic E-state index is 15.6. The van der Waals surface area contributed by atoms with E-state index in [1.54, 1.807) is 0 Å². The molecule has 1 aromatic heterocycles. The number of alkyl halides is 3. The van der Waals surface area contributed by atoms with Crippen LogP contribution in [0.3, 0.4) is 0 Å². The number of benzene rings is 1. The molecule has 3 unspecified atom stereocenters. The molecule has 4 nitrogen and oxygen atoms in total. The second-order valence-electron chi connectivity index (χ2n) is 8.79. The van der Waals surface area contributed by atoms with Gasteiger partial charge in [-0.25, -0.2) is 18.6 Å². The summed E-state index contributed by atoms with van der Waals surface area (Å²) >= 11 is 2.47. The normalized spacial score (nSPS) is 26.5. The Kier molecular flexibility index (Phi) is 5.55. The lowest BCUT2D eigenvalue weighted by atomic mass is 9.74. The molecule has 0 saturated heterocycles. The first-order valence-corrected chi connectivity index (χ1v) is 11.7. The van der Waals surface area contributed by atoms with Crippen LogP contribution in [0, 0.1) is 0 Å². The number of nitrogens with zero attached hydrogens (tertiary/aromatic N) is 1. The molecule has 0 bridgehead atoms. The molecule has 0 radical (unpaired) electrons. The SMILES string of the molecule is CCCC1=C(C(=O)OC)C(F)C(F)c2c1nc1c3c(cccc23)C(I)(CC)C(C)(C)N1. The van der Waals surface area contributed by atoms with Gasteiger partial charge in [-0.2, -0.15) is 0 Å². The number of hydrogen-bond donors (Lipinski definition) is 1. The van der Waals surface area contributed by atoms with Gasteiger partial charge in [0.15, 0.2) is 12.3 Å². The number of nitrogens with one attached hydrogen (secondary N) is 1. The van der Waals surface area contributed by atoms with Crippen molar-refractivity contribution in [2.75, 3.05) is 12.4 Å². The highest BCUT2D eigenvalue weighted by Gasteiger charge is 2.49. The van der Waals surface area contributed by atoms with E-state index in [0.29, 0.717) is 35.3 Å². The van der Waals surface area contributed by atoms with Crippen LogP contribution >= 0.6 is 22.6 Å². The number of fused-ring (bicyclic) bond motifs is 2. The molecule has 1 aromatic carbocycles. The van der Waals surface area contributed by atoms with Crippen LogP contribution in [0.4, 0.5) is 14.6 Å². The molecule has 4 rings (SSSR count). The van der Waals surface area contributed by atoms with Gasteiger partial charge in [0, 0.05) is 10.9 Å². The average Bonchev–Trinajstić information content (AvgIpc) is 2.74. The lowest BCUT2D eigenvalue weighted by Gasteiger charge is -2.48. The topological polar surface area (TPSA) is 51.2 Å². The fraction of sp³-hybridized carbons (Fsp3) is 0.500. The fourth-order valence-electron chi connectivity index (χ4n) is 5.12. The van der Waals surface area contributed by atoms with Crippen molar-refractivity contribution in [2.24, 2.45) is 0 Å². The minimum Gasteiger partial charge on any atom is -0.466 e. The van der Waals surface area contributed by atoms with Crippen LogP contribution in [0.25, 0.3) is 16.3 Å². The summed E-state index contributed by atoms with van der Waals surface area (Å²) in [4.78, 5) is 17.2. The van der Waals surface area contributed by atoms with Gasteiger partial charge in [-0.15, -0.1) is 0 Å². The highest BCUT2D eigenvalue weighted by Crippen LogP contribution is 2.55. The van der Waals surface area contributed by atoms with E-state index in [9.17, 15) is 4.79 Å². The zero-order chi connectivity index (χ0) is 22.7. The van der Waals surface area contributed by atoms with Crippen molar-refractivity contribution in [1.29, 1.82) is 0 Å². The molecule has 31 heavy (non-hydrogen) atoms. The van der Waals surface area contributed by atoms with Crippen molar-refractivity contribution < 1.29 is 18.3 Å². The zero-order valence-electron chi connectivity index (χ0n) is 18.4. The lowest BCUT2D eigenvalue weighted by molar-refractivity contribution is -0.137. The first-order valence-electron chi connectivity index (χ1n) is 10.7. The standard InChI is InChI=1S/C24H27F2IN2O2/c1-6-9-13-17(22(30)31-5)19(26)18(25)16-12-10-8-11-14-15(12)21(28-20(13)16)29-23(3,4)24(14,27)7-2/h8,10-11,18-19H,6-7,9H2,1-5H3,(H,28,29). The molecule has 166 valence electrons. The molecular formula is C24H27F2IN2O2. The molecule has 1 aliphatic heterocycles. The molecule has 1 aliphatic carbocycles. The quantitative estimate of drug-likeness (QED) is 0.271. The third kappa shape index (κ3) is 3.02. The van der Waals surface area contributed by atoms with Crippen LogP contribution in [0.5, 0.6) is 0 Å². The predicted molar refractivity (Wildman–Crippen MR) is 128 cm³/mol. The monoisotopic (exact) mass is 540 g/mol. The predicted octanol–water partition coefficient (Wildman–Crippen LogP) is 6.57. The highest BCUT2D eigenvalue weighted by molar-refractivity contribution is 14.1. The van der Waals surface area contributed by atoms with E-state index in [1.165, 1.54) is 7.11 Å². The number of halogens is 3. The number of hydrogen-bond acceptors (Lipinski definition) is 4. The van der Waals surface area contributed by atoms with Gasteiger partial charge >= 0.3 is 5.97 Å². The van der Waals surface area contributed by atoms with Crippen LogP contribution in [0.15, 0.2) is 23.8 Å². The third-order valence-corrected chi connectivity index (χ3v) is 9.42. The number of allylic oxidation sites excluding steroid dienone is 1. The maximum absolute atomic E-state index is 15.6. The van der Waals surface area contributed by atoms with Crippen molar-refractivity contribution in [1.82, 2.24) is 4.98 Å². The van der Waals surface area contributed by atoms with Crippen LogP contribution in [-0.4, -0.2) is 29.8 Å². The van der Waals surface area contributed by atoms with Gasteiger partial charge < -0.3 is 10.1 Å². The number of rotatable bonds is 4. The summed E-state index contributed by atoms with van der Waals surface area (Å²) in [6.45, 7) is 8.33. The molecule has 2 aliphatic rings. The Morgan fingerprint density at radius 2 is 1.97 bits per heavy atom. The number of esters is 1. The number of carbonyl (C=O) groups is 1. The summed E-state index contributed by atoms with van der Waals surface area (Å²) in [6.07, 6.45) is -2.12. The summed E-state index contributed by atoms with van der Waals surface area (Å²) in [6, 6.07) is 5.80. The third-order valence-electron chi connectivity index (χ3n) is 6.73. The average molecular weight is 540 g/mol. The van der Waals surface area contributed by atoms with Crippen LogP contribution < -0.4 is 5.32 Å². The Bertz CT molecular complexity index is 1110. The van der Waals surface area contributed by atoms with E-state index in [2.05, 4.69) is 54.7 Å². The first-order chi connectivity index (χ1) is 14.6. The van der Waals surface area contributed by atoms with Crippen LogP contribution in [0.2, 0.25) is 0 Å². The first kappa shape index (κ1) is 22.4. The second kappa shape index (κ2) is 7.67. The molecule has 2 heterocycles. The molecule has 3 atom stereocenters. The van der Waals surface area contributed by atoms with Gasteiger partial charge in [0.2, 0.25) is 0 Å². The Labute approximate surface area is 195 Å². The van der Waals surface area contributed by atoms with E-state index < -0.39 is 18.3 Å². The van der Waals surface area contributed by atoms with Crippen molar-refractivity contribution in [2.45, 2.75) is 68.3 Å².